The largest absolute Gasteiger partial charge is 0.296 e. The number of rotatable bonds is 4. The van der Waals surface area contributed by atoms with Crippen molar-refractivity contribution >= 4 is 11.6 Å². The zero-order valence-electron chi connectivity index (χ0n) is 9.43. The minimum Gasteiger partial charge on any atom is -0.296 e. The predicted octanol–water partition coefficient (Wildman–Crippen LogP) is 3.27. The minimum absolute atomic E-state index is 0.0755. The van der Waals surface area contributed by atoms with Gasteiger partial charge in [-0.25, -0.2) is 4.39 Å². The zero-order valence-corrected chi connectivity index (χ0v) is 10.2. The van der Waals surface area contributed by atoms with Crippen LogP contribution in [0.1, 0.15) is 19.4 Å². The summed E-state index contributed by atoms with van der Waals surface area (Å²) in [5.74, 6) is 0.364. The molecule has 0 saturated heterocycles. The van der Waals surface area contributed by atoms with E-state index in [9.17, 15) is 4.39 Å². The van der Waals surface area contributed by atoms with Gasteiger partial charge in [0, 0.05) is 18.0 Å². The average Bonchev–Trinajstić information content (AvgIpc) is 2.17. The van der Waals surface area contributed by atoms with E-state index in [1.807, 2.05) is 13.1 Å². The molecule has 0 atom stereocenters. The lowest BCUT2D eigenvalue weighted by molar-refractivity contribution is 0.170. The normalized spacial score (nSPS) is 12.1. The molecule has 0 fully saturated rings. The topological polar surface area (TPSA) is 3.24 Å². The Morgan fingerprint density at radius 3 is 2.60 bits per heavy atom. The van der Waals surface area contributed by atoms with Crippen LogP contribution in [0.3, 0.4) is 0 Å². The summed E-state index contributed by atoms with van der Waals surface area (Å²) in [7, 11) is 1.99. The molecule has 0 N–H and O–H groups in total. The first kappa shape index (κ1) is 12.5. The second-order valence-electron chi connectivity index (χ2n) is 4.43. The molecule has 0 saturated carbocycles. The highest BCUT2D eigenvalue weighted by molar-refractivity contribution is 6.18. The molecule has 0 aliphatic carbocycles. The van der Waals surface area contributed by atoms with Crippen molar-refractivity contribution in [2.24, 2.45) is 0 Å². The van der Waals surface area contributed by atoms with Gasteiger partial charge in [0.2, 0.25) is 0 Å². The molecule has 0 radical (unpaired) electrons. The molecule has 0 aliphatic heterocycles. The summed E-state index contributed by atoms with van der Waals surface area (Å²) >= 11 is 5.87. The fourth-order valence-electron chi connectivity index (χ4n) is 1.23. The molecule has 0 heterocycles. The molecule has 84 valence electrons. The van der Waals surface area contributed by atoms with E-state index in [-0.39, 0.29) is 11.4 Å². The van der Waals surface area contributed by atoms with E-state index < -0.39 is 0 Å². The van der Waals surface area contributed by atoms with Crippen molar-refractivity contribution in [1.29, 1.82) is 0 Å². The molecule has 0 unspecified atom stereocenters. The van der Waals surface area contributed by atoms with Crippen LogP contribution in [0.5, 0.6) is 0 Å². The molecule has 0 spiro atoms. The lowest BCUT2D eigenvalue weighted by Crippen LogP contribution is -2.42. The molecule has 1 aromatic carbocycles. The maximum Gasteiger partial charge on any atom is 0.123 e. The molecule has 15 heavy (non-hydrogen) atoms. The second-order valence-corrected chi connectivity index (χ2v) is 4.70. The maximum absolute atomic E-state index is 13.0. The Morgan fingerprint density at radius 2 is 2.07 bits per heavy atom. The van der Waals surface area contributed by atoms with Crippen LogP contribution in [0.15, 0.2) is 24.3 Å². The van der Waals surface area contributed by atoms with Gasteiger partial charge in [-0.15, -0.1) is 11.6 Å². The van der Waals surface area contributed by atoms with Crippen LogP contribution >= 0.6 is 11.6 Å². The average molecular weight is 230 g/mol. The lowest BCUT2D eigenvalue weighted by atomic mass is 10.1. The summed E-state index contributed by atoms with van der Waals surface area (Å²) in [6.07, 6.45) is 0. The molecule has 3 heteroatoms. The van der Waals surface area contributed by atoms with Crippen LogP contribution in [0.25, 0.3) is 0 Å². The molecule has 0 aromatic heterocycles. The monoisotopic (exact) mass is 229 g/mol. The molecule has 1 rings (SSSR count). The number of alkyl halides is 1. The summed E-state index contributed by atoms with van der Waals surface area (Å²) in [6.45, 7) is 4.84. The number of nitrogens with zero attached hydrogens (tertiary/aromatic N) is 1. The smallest absolute Gasteiger partial charge is 0.123 e. The molecule has 0 amide bonds. The summed E-state index contributed by atoms with van der Waals surface area (Å²) in [5.41, 5.74) is 0.893. The fraction of sp³-hybridized carbons (Fsp3) is 0.500. The standard InChI is InChI=1S/C12H17ClFN/c1-12(2,9-13)15(3)8-10-5-4-6-11(14)7-10/h4-7H,8-9H2,1-3H3. The minimum atomic E-state index is -0.190. The van der Waals surface area contributed by atoms with E-state index in [1.54, 1.807) is 12.1 Å². The number of halogens is 2. The molecule has 0 aliphatic rings. The van der Waals surface area contributed by atoms with Gasteiger partial charge >= 0.3 is 0 Å². The highest BCUT2D eigenvalue weighted by Crippen LogP contribution is 2.17. The predicted molar refractivity (Wildman–Crippen MR) is 62.7 cm³/mol. The Bertz CT molecular complexity index is 325. The van der Waals surface area contributed by atoms with E-state index in [0.717, 1.165) is 5.56 Å². The van der Waals surface area contributed by atoms with Crippen LogP contribution in [-0.2, 0) is 6.54 Å². The van der Waals surface area contributed by atoms with Gasteiger partial charge in [-0.1, -0.05) is 12.1 Å². The van der Waals surface area contributed by atoms with E-state index >= 15 is 0 Å². The summed E-state index contributed by atoms with van der Waals surface area (Å²) < 4.78 is 13.0. The van der Waals surface area contributed by atoms with Crippen molar-refractivity contribution in [3.05, 3.63) is 35.6 Å². The number of hydrogen-bond acceptors (Lipinski definition) is 1. The molecule has 1 nitrogen and oxygen atoms in total. The number of hydrogen-bond donors (Lipinski definition) is 0. The van der Waals surface area contributed by atoms with Crippen molar-refractivity contribution in [3.63, 3.8) is 0 Å². The fourth-order valence-corrected chi connectivity index (χ4v) is 1.43. The van der Waals surface area contributed by atoms with Crippen molar-refractivity contribution in [1.82, 2.24) is 4.90 Å². The van der Waals surface area contributed by atoms with Gasteiger partial charge < -0.3 is 0 Å². The first-order valence-electron chi connectivity index (χ1n) is 4.97. The Balaban J connectivity index is 2.70. The first-order chi connectivity index (χ1) is 6.95. The second kappa shape index (κ2) is 4.95. The third kappa shape index (κ3) is 3.47. The summed E-state index contributed by atoms with van der Waals surface area (Å²) in [5, 5.41) is 0. The van der Waals surface area contributed by atoms with Gasteiger partial charge in [0.05, 0.1) is 0 Å². The Kier molecular flexibility index (Phi) is 4.12. The maximum atomic E-state index is 13.0. The van der Waals surface area contributed by atoms with Gasteiger partial charge in [-0.2, -0.15) is 0 Å². The first-order valence-corrected chi connectivity index (χ1v) is 5.51. The van der Waals surface area contributed by atoms with E-state index in [2.05, 4.69) is 18.7 Å². The van der Waals surface area contributed by atoms with Crippen molar-refractivity contribution in [3.8, 4) is 0 Å². The summed E-state index contributed by atoms with van der Waals surface area (Å²) in [4.78, 5) is 2.12. The van der Waals surface area contributed by atoms with Crippen LogP contribution in [-0.4, -0.2) is 23.4 Å². The third-order valence-corrected chi connectivity index (χ3v) is 3.32. The Hall–Kier alpha value is -0.600. The highest BCUT2D eigenvalue weighted by atomic mass is 35.5. The van der Waals surface area contributed by atoms with Gasteiger partial charge in [-0.3, -0.25) is 4.90 Å². The van der Waals surface area contributed by atoms with Crippen molar-refractivity contribution in [2.75, 3.05) is 12.9 Å². The van der Waals surface area contributed by atoms with Gasteiger partial charge in [0.25, 0.3) is 0 Å². The molecular formula is C12H17ClFN. The van der Waals surface area contributed by atoms with Crippen LogP contribution in [0.2, 0.25) is 0 Å². The van der Waals surface area contributed by atoms with Crippen molar-refractivity contribution in [2.45, 2.75) is 25.9 Å². The Morgan fingerprint density at radius 1 is 1.40 bits per heavy atom. The summed E-state index contributed by atoms with van der Waals surface area (Å²) in [6, 6.07) is 6.66. The van der Waals surface area contributed by atoms with E-state index in [1.165, 1.54) is 6.07 Å². The SMILES string of the molecule is CN(Cc1cccc(F)c1)C(C)(C)CCl. The zero-order chi connectivity index (χ0) is 11.5. The van der Waals surface area contributed by atoms with E-state index in [4.69, 9.17) is 11.6 Å². The van der Waals surface area contributed by atoms with Crippen molar-refractivity contribution < 1.29 is 4.39 Å². The lowest BCUT2D eigenvalue weighted by Gasteiger charge is -2.33. The van der Waals surface area contributed by atoms with E-state index in [0.29, 0.717) is 12.4 Å². The van der Waals surface area contributed by atoms with Gasteiger partial charge in [0.1, 0.15) is 5.82 Å². The van der Waals surface area contributed by atoms with Crippen LogP contribution in [0.4, 0.5) is 4.39 Å². The molecule has 1 aromatic rings. The van der Waals surface area contributed by atoms with Crippen LogP contribution < -0.4 is 0 Å². The molecule has 0 bridgehead atoms. The van der Waals surface area contributed by atoms with Crippen LogP contribution in [0, 0.1) is 5.82 Å². The third-order valence-electron chi connectivity index (χ3n) is 2.67. The quantitative estimate of drug-likeness (QED) is 0.717. The Labute approximate surface area is 95.8 Å². The highest BCUT2D eigenvalue weighted by Gasteiger charge is 2.22. The van der Waals surface area contributed by atoms with Gasteiger partial charge in [0.15, 0.2) is 0 Å². The van der Waals surface area contributed by atoms with Gasteiger partial charge in [-0.05, 0) is 38.6 Å². The molecular weight excluding hydrogens is 213 g/mol. The number of benzene rings is 1.